The highest BCUT2D eigenvalue weighted by Gasteiger charge is 2.35. The highest BCUT2D eigenvalue weighted by atomic mass is 35.6. The minimum atomic E-state index is -4.56. The van der Waals surface area contributed by atoms with Crippen LogP contribution in [0.4, 0.5) is 18.9 Å². The van der Waals surface area contributed by atoms with Crippen LogP contribution in [0.15, 0.2) is 18.2 Å². The molecule has 27 heavy (non-hydrogen) atoms. The molecule has 0 aliphatic heterocycles. The Bertz CT molecular complexity index is 621. The summed E-state index contributed by atoms with van der Waals surface area (Å²) in [4.78, 5) is 12.1. The van der Waals surface area contributed by atoms with Gasteiger partial charge in [0, 0.05) is 6.42 Å². The van der Waals surface area contributed by atoms with E-state index in [1.165, 1.54) is 0 Å². The molecule has 0 bridgehead atoms. The van der Waals surface area contributed by atoms with Crippen molar-refractivity contribution in [1.29, 1.82) is 0 Å². The average molecular weight is 468 g/mol. The van der Waals surface area contributed by atoms with Gasteiger partial charge in [-0.2, -0.15) is 13.2 Å². The third kappa shape index (κ3) is 8.99. The maximum absolute atomic E-state index is 12.9. The molecule has 1 aromatic rings. The van der Waals surface area contributed by atoms with E-state index in [1.54, 1.807) is 0 Å². The Morgan fingerprint density at radius 3 is 2.30 bits per heavy atom. The Morgan fingerprint density at radius 1 is 1.11 bits per heavy atom. The molecular weight excluding hydrogens is 447 g/mol. The van der Waals surface area contributed by atoms with E-state index in [9.17, 15) is 18.0 Å². The van der Waals surface area contributed by atoms with Gasteiger partial charge >= 0.3 is 6.18 Å². The largest absolute Gasteiger partial charge is 0.416 e. The van der Waals surface area contributed by atoms with Crippen molar-refractivity contribution < 1.29 is 18.0 Å². The topological polar surface area (TPSA) is 41.1 Å². The van der Waals surface area contributed by atoms with Crippen molar-refractivity contribution in [3.8, 4) is 0 Å². The Balaban J connectivity index is 2.80. The van der Waals surface area contributed by atoms with Gasteiger partial charge in [-0.1, -0.05) is 79.0 Å². The first-order valence-electron chi connectivity index (χ1n) is 8.44. The molecule has 0 aliphatic rings. The van der Waals surface area contributed by atoms with Gasteiger partial charge in [-0.05, 0) is 24.6 Å². The fourth-order valence-corrected chi connectivity index (χ4v) is 2.79. The van der Waals surface area contributed by atoms with Crippen LogP contribution in [0.3, 0.4) is 0 Å². The molecule has 1 atom stereocenters. The van der Waals surface area contributed by atoms with Crippen LogP contribution in [-0.4, -0.2) is 15.9 Å². The number of halogens is 7. The number of hydrogen-bond acceptors (Lipinski definition) is 2. The molecule has 1 aromatic carbocycles. The summed E-state index contributed by atoms with van der Waals surface area (Å²) < 4.78 is 36.7. The van der Waals surface area contributed by atoms with Crippen molar-refractivity contribution in [2.75, 3.05) is 5.32 Å². The number of unbranched alkanes of at least 4 members (excludes halogenated alkanes) is 4. The van der Waals surface area contributed by atoms with Crippen LogP contribution in [0.25, 0.3) is 0 Å². The molecule has 0 spiro atoms. The predicted octanol–water partition coefficient (Wildman–Crippen LogP) is 6.94. The quantitative estimate of drug-likeness (QED) is 0.234. The van der Waals surface area contributed by atoms with Crippen LogP contribution >= 0.6 is 46.4 Å². The van der Waals surface area contributed by atoms with Gasteiger partial charge in [-0.15, -0.1) is 0 Å². The number of alkyl halides is 6. The normalized spacial score (nSPS) is 13.3. The lowest BCUT2D eigenvalue weighted by Gasteiger charge is -2.28. The zero-order valence-electron chi connectivity index (χ0n) is 14.6. The molecule has 1 amide bonds. The van der Waals surface area contributed by atoms with Gasteiger partial charge in [0.15, 0.2) is 0 Å². The van der Waals surface area contributed by atoms with E-state index in [4.69, 9.17) is 46.4 Å². The molecule has 3 nitrogen and oxygen atoms in total. The number of anilines is 1. The van der Waals surface area contributed by atoms with E-state index in [-0.39, 0.29) is 23.0 Å². The average Bonchev–Trinajstić information content (AvgIpc) is 2.54. The van der Waals surface area contributed by atoms with E-state index < -0.39 is 21.7 Å². The molecule has 0 fully saturated rings. The second-order valence-electron chi connectivity index (χ2n) is 6.04. The summed E-state index contributed by atoms with van der Waals surface area (Å²) in [6.07, 6.45) is -0.828. The number of nitrogens with one attached hydrogen (secondary N) is 2. The molecule has 0 radical (unpaired) electrons. The molecule has 0 unspecified atom stereocenters. The molecule has 0 aliphatic carbocycles. The van der Waals surface area contributed by atoms with Crippen LogP contribution in [0, 0.1) is 0 Å². The number of carbonyl (C=O) groups is 1. The summed E-state index contributed by atoms with van der Waals surface area (Å²) in [5, 5.41) is 5.07. The maximum atomic E-state index is 12.9. The number of benzene rings is 1. The Kier molecular flexibility index (Phi) is 9.83. The summed E-state index contributed by atoms with van der Waals surface area (Å²) in [6, 6.07) is 2.72. The lowest BCUT2D eigenvalue weighted by molar-refractivity contribution is -0.137. The van der Waals surface area contributed by atoms with Crippen LogP contribution < -0.4 is 10.6 Å². The summed E-state index contributed by atoms with van der Waals surface area (Å²) in [6.45, 7) is 2.09. The number of amides is 1. The Hall–Kier alpha value is -0.560. The third-order valence-corrected chi connectivity index (χ3v) is 4.72. The first-order chi connectivity index (χ1) is 12.4. The van der Waals surface area contributed by atoms with E-state index in [0.717, 1.165) is 43.9 Å². The minimum Gasteiger partial charge on any atom is -0.361 e. The van der Waals surface area contributed by atoms with E-state index in [0.29, 0.717) is 6.42 Å². The third-order valence-electron chi connectivity index (χ3n) is 3.73. The molecule has 2 N–H and O–H groups in total. The van der Waals surface area contributed by atoms with Gasteiger partial charge in [-0.3, -0.25) is 4.79 Å². The maximum Gasteiger partial charge on any atom is 0.416 e. The second kappa shape index (κ2) is 10.8. The molecule has 0 aromatic heterocycles. The standard InChI is InChI=1S/C17H21Cl4F3N2O/c1-2-3-4-5-6-7-14(27)26-15(16(19,20)21)25-13-10-11(17(22,23)24)8-9-12(13)18/h8-10,15,25H,2-7H2,1H3,(H,26,27)/t15-/m0/s1. The molecule has 0 saturated heterocycles. The summed E-state index contributed by atoms with van der Waals surface area (Å²) in [7, 11) is 0. The van der Waals surface area contributed by atoms with Gasteiger partial charge in [0.1, 0.15) is 6.17 Å². The van der Waals surface area contributed by atoms with Gasteiger partial charge in [0.2, 0.25) is 9.70 Å². The SMILES string of the molecule is CCCCCCCC(=O)N[C@H](Nc1cc(C(F)(F)F)ccc1Cl)C(Cl)(Cl)Cl. The van der Waals surface area contributed by atoms with E-state index in [2.05, 4.69) is 17.6 Å². The zero-order valence-corrected chi connectivity index (χ0v) is 17.6. The van der Waals surface area contributed by atoms with Crippen LogP contribution in [-0.2, 0) is 11.0 Å². The van der Waals surface area contributed by atoms with Crippen molar-refractivity contribution >= 4 is 58.0 Å². The number of carbonyl (C=O) groups excluding carboxylic acids is 1. The predicted molar refractivity (Wildman–Crippen MR) is 106 cm³/mol. The van der Waals surface area contributed by atoms with Gasteiger partial charge in [0.05, 0.1) is 16.3 Å². The molecule has 1 rings (SSSR count). The highest BCUT2D eigenvalue weighted by molar-refractivity contribution is 6.68. The number of rotatable bonds is 9. The monoisotopic (exact) mass is 466 g/mol. The lowest BCUT2D eigenvalue weighted by atomic mass is 10.1. The van der Waals surface area contributed by atoms with Gasteiger partial charge < -0.3 is 10.6 Å². The fraction of sp³-hybridized carbons (Fsp3) is 0.588. The highest BCUT2D eigenvalue weighted by Crippen LogP contribution is 2.36. The van der Waals surface area contributed by atoms with Crippen molar-refractivity contribution in [2.45, 2.75) is 61.6 Å². The van der Waals surface area contributed by atoms with Crippen molar-refractivity contribution in [3.63, 3.8) is 0 Å². The summed E-state index contributed by atoms with van der Waals surface area (Å²) in [5.41, 5.74) is -1.02. The van der Waals surface area contributed by atoms with Gasteiger partial charge in [0.25, 0.3) is 0 Å². The van der Waals surface area contributed by atoms with Crippen molar-refractivity contribution in [2.24, 2.45) is 0 Å². The first kappa shape index (κ1) is 24.5. The number of hydrogen-bond donors (Lipinski definition) is 2. The van der Waals surface area contributed by atoms with Crippen LogP contribution in [0.5, 0.6) is 0 Å². The van der Waals surface area contributed by atoms with Crippen LogP contribution in [0.1, 0.15) is 51.0 Å². The van der Waals surface area contributed by atoms with E-state index in [1.807, 2.05) is 0 Å². The Morgan fingerprint density at radius 2 is 1.74 bits per heavy atom. The van der Waals surface area contributed by atoms with Crippen molar-refractivity contribution in [3.05, 3.63) is 28.8 Å². The fourth-order valence-electron chi connectivity index (χ4n) is 2.29. The van der Waals surface area contributed by atoms with Gasteiger partial charge in [-0.25, -0.2) is 0 Å². The van der Waals surface area contributed by atoms with Crippen LogP contribution in [0.2, 0.25) is 5.02 Å². The lowest BCUT2D eigenvalue weighted by Crippen LogP contribution is -2.49. The molecule has 10 heteroatoms. The Labute approximate surface area is 176 Å². The molecule has 154 valence electrons. The molecule has 0 saturated carbocycles. The van der Waals surface area contributed by atoms with E-state index >= 15 is 0 Å². The zero-order chi connectivity index (χ0) is 20.7. The smallest absolute Gasteiger partial charge is 0.361 e. The second-order valence-corrected chi connectivity index (χ2v) is 8.82. The molecular formula is C17H21Cl4F3N2O. The molecule has 0 heterocycles. The first-order valence-corrected chi connectivity index (χ1v) is 9.95. The summed E-state index contributed by atoms with van der Waals surface area (Å²) >= 11 is 23.5. The summed E-state index contributed by atoms with van der Waals surface area (Å²) in [5.74, 6) is -0.376. The minimum absolute atomic E-state index is 0.00364. The van der Waals surface area contributed by atoms with Crippen molar-refractivity contribution in [1.82, 2.24) is 5.32 Å².